The first-order valence-corrected chi connectivity index (χ1v) is 24.6. The van der Waals surface area contributed by atoms with Crippen molar-refractivity contribution in [2.24, 2.45) is 23.7 Å². The van der Waals surface area contributed by atoms with Crippen LogP contribution in [0.3, 0.4) is 0 Å². The summed E-state index contributed by atoms with van der Waals surface area (Å²) in [6.07, 6.45) is 6.91. The fourth-order valence-electron chi connectivity index (χ4n) is 14.3. The maximum absolute atomic E-state index is 2.61. The van der Waals surface area contributed by atoms with Crippen LogP contribution in [0.2, 0.25) is 0 Å². The van der Waals surface area contributed by atoms with Gasteiger partial charge >= 0.3 is 0 Å². The Bertz CT molecular complexity index is 3510. The summed E-state index contributed by atoms with van der Waals surface area (Å²) in [5.74, 6) is 3.16. The molecule has 320 valence electrons. The summed E-state index contributed by atoms with van der Waals surface area (Å²) in [4.78, 5) is 2.61. The third-order valence-corrected chi connectivity index (χ3v) is 16.7. The van der Waals surface area contributed by atoms with E-state index in [-0.39, 0.29) is 5.41 Å². The highest BCUT2D eigenvalue weighted by molar-refractivity contribution is 6.12. The van der Waals surface area contributed by atoms with Crippen molar-refractivity contribution in [2.75, 3.05) is 4.90 Å². The van der Waals surface area contributed by atoms with E-state index >= 15 is 0 Å². The van der Waals surface area contributed by atoms with E-state index in [1.165, 1.54) is 121 Å². The van der Waals surface area contributed by atoms with E-state index < -0.39 is 0 Å². The second-order valence-corrected chi connectivity index (χ2v) is 20.0. The lowest BCUT2D eigenvalue weighted by molar-refractivity contribution is -0.0399. The first-order valence-electron chi connectivity index (χ1n) is 24.6. The molecule has 1 heteroatoms. The highest BCUT2D eigenvalue weighted by Gasteiger charge is 2.62. The lowest BCUT2D eigenvalue weighted by Crippen LogP contribution is -2.55. The van der Waals surface area contributed by atoms with Crippen molar-refractivity contribution >= 4 is 38.6 Å². The van der Waals surface area contributed by atoms with Crippen LogP contribution in [0.15, 0.2) is 224 Å². The van der Waals surface area contributed by atoms with Gasteiger partial charge in [-0.25, -0.2) is 0 Å². The zero-order valence-electron chi connectivity index (χ0n) is 37.7. The van der Waals surface area contributed by atoms with Gasteiger partial charge in [-0.05, 0) is 157 Å². The largest absolute Gasteiger partial charge is 0.309 e. The summed E-state index contributed by atoms with van der Waals surface area (Å²) in [5.41, 5.74) is 19.5. The number of rotatable bonds is 7. The normalized spacial score (nSPS) is 20.9. The summed E-state index contributed by atoms with van der Waals surface area (Å²) in [5, 5.41) is 5.14. The van der Waals surface area contributed by atoms with Gasteiger partial charge in [0, 0.05) is 22.2 Å². The molecule has 0 atom stereocenters. The maximum atomic E-state index is 2.61. The predicted molar refractivity (Wildman–Crippen MR) is 281 cm³/mol. The Labute approximate surface area is 394 Å². The minimum absolute atomic E-state index is 0.0662. The van der Waals surface area contributed by atoms with Crippen LogP contribution in [-0.4, -0.2) is 0 Å². The molecule has 5 aliphatic carbocycles. The molecule has 4 saturated carbocycles. The lowest BCUT2D eigenvalue weighted by atomic mass is 9.43. The van der Waals surface area contributed by atoms with Gasteiger partial charge in [0.2, 0.25) is 0 Å². The molecule has 5 aliphatic rings. The molecule has 0 aliphatic heterocycles. The van der Waals surface area contributed by atoms with Crippen molar-refractivity contribution in [3.8, 4) is 55.6 Å². The molecule has 4 bridgehead atoms. The number of para-hydroxylation sites is 1. The van der Waals surface area contributed by atoms with E-state index in [4.69, 9.17) is 0 Å². The number of hydrogen-bond acceptors (Lipinski definition) is 1. The van der Waals surface area contributed by atoms with Crippen LogP contribution in [-0.2, 0) is 5.41 Å². The van der Waals surface area contributed by atoms with Gasteiger partial charge in [-0.3, -0.25) is 0 Å². The molecule has 4 fully saturated rings. The Hall–Kier alpha value is -7.48. The standard InChI is InChI=1S/C66H51N/c1-2-16-45(17-3-1)51-20-6-7-21-54(51)56-22-8-9-23-57(56)59-24-11-13-30-63(59)67(50-35-32-47(33-36-50)53-26-14-27-55-52-19-5-4-18-46(52)34-37-58(53)55)64-31-15-29-62-65(64)60-25-10-12-28-61(60)66(62)48-39-43-38-44(41-48)42-49(66)40-43/h1-37,43-44,48-49H,38-42H2. The van der Waals surface area contributed by atoms with Crippen molar-refractivity contribution in [3.63, 3.8) is 0 Å². The van der Waals surface area contributed by atoms with Crippen molar-refractivity contribution in [3.05, 3.63) is 236 Å². The summed E-state index contributed by atoms with van der Waals surface area (Å²) in [6, 6.07) is 84.4. The number of fused-ring (bicyclic) bond motifs is 6. The molecule has 0 N–H and O–H groups in total. The average Bonchev–Trinajstić information content (AvgIpc) is 3.69. The molecule has 15 rings (SSSR count). The zero-order valence-corrected chi connectivity index (χ0v) is 37.7. The van der Waals surface area contributed by atoms with Crippen molar-refractivity contribution in [1.29, 1.82) is 0 Å². The molecular formula is C66H51N. The highest BCUT2D eigenvalue weighted by atomic mass is 15.1. The van der Waals surface area contributed by atoms with Gasteiger partial charge in [-0.15, -0.1) is 0 Å². The molecule has 0 saturated heterocycles. The summed E-state index contributed by atoms with van der Waals surface area (Å²) >= 11 is 0. The third-order valence-electron chi connectivity index (χ3n) is 16.7. The lowest BCUT2D eigenvalue weighted by Gasteiger charge is -2.61. The molecule has 0 aromatic heterocycles. The monoisotopic (exact) mass is 857 g/mol. The van der Waals surface area contributed by atoms with E-state index in [2.05, 4.69) is 229 Å². The van der Waals surface area contributed by atoms with Crippen LogP contribution in [0.1, 0.15) is 43.2 Å². The SMILES string of the molecule is c1ccc(-c2ccccc2-c2ccccc2-c2ccccc2N(c2ccc(-c3cccc4c3ccc3ccccc34)cc2)c2cccc3c2-c2ccccc2C32C3CC4CC(C3)CC2C4)cc1. The van der Waals surface area contributed by atoms with E-state index in [0.717, 1.165) is 17.5 Å². The fourth-order valence-corrected chi connectivity index (χ4v) is 14.3. The van der Waals surface area contributed by atoms with E-state index in [1.807, 2.05) is 0 Å². The molecule has 0 radical (unpaired) electrons. The zero-order chi connectivity index (χ0) is 44.1. The minimum Gasteiger partial charge on any atom is -0.309 e. The Morgan fingerprint density at radius 2 is 0.836 bits per heavy atom. The van der Waals surface area contributed by atoms with Crippen LogP contribution >= 0.6 is 0 Å². The van der Waals surface area contributed by atoms with Crippen LogP contribution in [0, 0.1) is 23.7 Å². The Morgan fingerprint density at radius 1 is 0.313 bits per heavy atom. The predicted octanol–water partition coefficient (Wildman–Crippen LogP) is 17.9. The maximum Gasteiger partial charge on any atom is 0.0543 e. The van der Waals surface area contributed by atoms with Gasteiger partial charge in [0.1, 0.15) is 0 Å². The quantitative estimate of drug-likeness (QED) is 0.144. The second-order valence-electron chi connectivity index (χ2n) is 20.0. The van der Waals surface area contributed by atoms with Gasteiger partial charge < -0.3 is 4.90 Å². The van der Waals surface area contributed by atoms with Crippen molar-refractivity contribution < 1.29 is 0 Å². The number of anilines is 3. The second kappa shape index (κ2) is 15.3. The van der Waals surface area contributed by atoms with Gasteiger partial charge in [-0.2, -0.15) is 0 Å². The first kappa shape index (κ1) is 38.8. The summed E-state index contributed by atoms with van der Waals surface area (Å²) in [6.45, 7) is 0. The third kappa shape index (κ3) is 5.87. The molecule has 10 aromatic rings. The van der Waals surface area contributed by atoms with E-state index in [0.29, 0.717) is 11.8 Å². The molecule has 0 amide bonds. The van der Waals surface area contributed by atoms with Crippen molar-refractivity contribution in [1.82, 2.24) is 0 Å². The fraction of sp³-hybridized carbons (Fsp3) is 0.152. The molecule has 1 nitrogen and oxygen atoms in total. The van der Waals surface area contributed by atoms with Gasteiger partial charge in [0.15, 0.2) is 0 Å². The molecule has 0 unspecified atom stereocenters. The number of hydrogen-bond donors (Lipinski definition) is 0. The summed E-state index contributed by atoms with van der Waals surface area (Å²) < 4.78 is 0. The summed E-state index contributed by atoms with van der Waals surface area (Å²) in [7, 11) is 0. The smallest absolute Gasteiger partial charge is 0.0543 e. The van der Waals surface area contributed by atoms with Crippen LogP contribution in [0.4, 0.5) is 17.1 Å². The first-order chi connectivity index (χ1) is 33.2. The van der Waals surface area contributed by atoms with Crippen LogP contribution in [0.5, 0.6) is 0 Å². The Kier molecular flexibility index (Phi) is 8.85. The highest BCUT2D eigenvalue weighted by Crippen LogP contribution is 2.70. The van der Waals surface area contributed by atoms with Crippen LogP contribution in [0.25, 0.3) is 77.2 Å². The minimum atomic E-state index is 0.0662. The van der Waals surface area contributed by atoms with E-state index in [1.54, 1.807) is 11.1 Å². The van der Waals surface area contributed by atoms with Crippen molar-refractivity contribution in [2.45, 2.75) is 37.5 Å². The van der Waals surface area contributed by atoms with Gasteiger partial charge in [0.25, 0.3) is 0 Å². The molecule has 1 spiro atoms. The molecular weight excluding hydrogens is 807 g/mol. The van der Waals surface area contributed by atoms with E-state index in [9.17, 15) is 0 Å². The Morgan fingerprint density at radius 3 is 1.60 bits per heavy atom. The van der Waals surface area contributed by atoms with Gasteiger partial charge in [0.05, 0.1) is 11.4 Å². The molecule has 10 aromatic carbocycles. The number of benzene rings is 10. The Balaban J connectivity index is 0.988. The molecule has 67 heavy (non-hydrogen) atoms. The van der Waals surface area contributed by atoms with Gasteiger partial charge in [-0.1, -0.05) is 200 Å². The van der Waals surface area contributed by atoms with Crippen LogP contribution < -0.4 is 4.90 Å². The number of nitrogens with zero attached hydrogens (tertiary/aromatic N) is 1. The molecule has 0 heterocycles. The topological polar surface area (TPSA) is 3.24 Å². The average molecular weight is 858 g/mol.